The van der Waals surface area contributed by atoms with Gasteiger partial charge in [-0.2, -0.15) is 0 Å². The van der Waals surface area contributed by atoms with E-state index < -0.39 is 23.8 Å². The molecule has 3 amide bonds. The van der Waals surface area contributed by atoms with E-state index in [-0.39, 0.29) is 11.8 Å². The van der Waals surface area contributed by atoms with Gasteiger partial charge in [0.25, 0.3) is 0 Å². The van der Waals surface area contributed by atoms with Crippen LogP contribution in [0.5, 0.6) is 0 Å². The summed E-state index contributed by atoms with van der Waals surface area (Å²) in [5.74, 6) is -0.485. The monoisotopic (exact) mass is 517 g/mol. The van der Waals surface area contributed by atoms with Crippen molar-refractivity contribution in [2.24, 2.45) is 0 Å². The maximum Gasteiger partial charge on any atom is 0.408 e. The standard InChI is InChI=1S/C30H51N3O4/c1-9-11-13-14-16-18-33(28(35)24(5)32-29(36)37-30(6,7)8)26(27(34)31-17-15-12-10-2)25-20-22(3)19-23(4)21-25/h19-21,24,26H,9-18H2,1-8H3,(H,31,34)(H,32,36). The molecule has 0 aromatic heterocycles. The Balaban J connectivity index is 3.30. The Labute approximate surface area is 225 Å². The van der Waals surface area contributed by atoms with E-state index in [0.29, 0.717) is 13.1 Å². The van der Waals surface area contributed by atoms with Crippen LogP contribution in [0.1, 0.15) is 116 Å². The fourth-order valence-corrected chi connectivity index (χ4v) is 4.37. The Hall–Kier alpha value is -2.57. The van der Waals surface area contributed by atoms with Crippen molar-refractivity contribution in [2.45, 2.75) is 124 Å². The number of alkyl carbamates (subject to hydrolysis) is 1. The van der Waals surface area contributed by atoms with Gasteiger partial charge in [-0.1, -0.05) is 81.7 Å². The molecule has 0 aliphatic carbocycles. The Morgan fingerprint density at radius 3 is 2.03 bits per heavy atom. The number of rotatable bonds is 15. The van der Waals surface area contributed by atoms with E-state index in [1.54, 1.807) is 32.6 Å². The fraction of sp³-hybridized carbons (Fsp3) is 0.700. The molecule has 0 fully saturated rings. The molecular formula is C30H51N3O4. The van der Waals surface area contributed by atoms with Gasteiger partial charge < -0.3 is 20.3 Å². The number of nitrogens with one attached hydrogen (secondary N) is 2. The van der Waals surface area contributed by atoms with Gasteiger partial charge >= 0.3 is 6.09 Å². The van der Waals surface area contributed by atoms with Gasteiger partial charge in [0.2, 0.25) is 11.8 Å². The summed E-state index contributed by atoms with van der Waals surface area (Å²) in [5.41, 5.74) is 2.19. The summed E-state index contributed by atoms with van der Waals surface area (Å²) < 4.78 is 5.36. The molecule has 1 aromatic rings. The van der Waals surface area contributed by atoms with Crippen LogP contribution in [0.15, 0.2) is 18.2 Å². The fourth-order valence-electron chi connectivity index (χ4n) is 4.37. The van der Waals surface area contributed by atoms with Gasteiger partial charge in [0.05, 0.1) is 0 Å². The van der Waals surface area contributed by atoms with Crippen molar-refractivity contribution in [1.29, 1.82) is 0 Å². The van der Waals surface area contributed by atoms with E-state index in [1.807, 2.05) is 26.0 Å². The lowest BCUT2D eigenvalue weighted by molar-refractivity contribution is -0.142. The first-order valence-electron chi connectivity index (χ1n) is 14.1. The second kappa shape index (κ2) is 16.3. The van der Waals surface area contributed by atoms with Gasteiger partial charge in [-0.25, -0.2) is 4.79 Å². The largest absolute Gasteiger partial charge is 0.444 e. The lowest BCUT2D eigenvalue weighted by Crippen LogP contribution is -2.52. The third-order valence-electron chi connectivity index (χ3n) is 6.09. The van der Waals surface area contributed by atoms with E-state index in [9.17, 15) is 14.4 Å². The van der Waals surface area contributed by atoms with Gasteiger partial charge in [-0.05, 0) is 59.9 Å². The molecule has 1 rings (SSSR count). The molecule has 2 atom stereocenters. The normalized spacial score (nSPS) is 13.0. The summed E-state index contributed by atoms with van der Waals surface area (Å²) in [6.07, 6.45) is 7.46. The Morgan fingerprint density at radius 2 is 1.46 bits per heavy atom. The molecule has 0 aliphatic rings. The van der Waals surface area contributed by atoms with E-state index >= 15 is 0 Å². The third-order valence-corrected chi connectivity index (χ3v) is 6.09. The first kappa shape index (κ1) is 32.5. The molecule has 0 heterocycles. The summed E-state index contributed by atoms with van der Waals surface area (Å²) in [7, 11) is 0. The number of aryl methyl sites for hydroxylation is 2. The molecule has 0 saturated heterocycles. The van der Waals surface area contributed by atoms with Crippen LogP contribution in [0.2, 0.25) is 0 Å². The van der Waals surface area contributed by atoms with Crippen LogP contribution in [0, 0.1) is 13.8 Å². The van der Waals surface area contributed by atoms with Crippen LogP contribution in [-0.4, -0.2) is 47.5 Å². The SMILES string of the molecule is CCCCCCCN(C(=O)C(C)NC(=O)OC(C)(C)C)C(C(=O)NCCCCC)c1cc(C)cc(C)c1. The highest BCUT2D eigenvalue weighted by atomic mass is 16.6. The van der Waals surface area contributed by atoms with Crippen molar-refractivity contribution in [2.75, 3.05) is 13.1 Å². The van der Waals surface area contributed by atoms with E-state index in [2.05, 4.69) is 30.5 Å². The predicted molar refractivity (Wildman–Crippen MR) is 150 cm³/mol. The molecule has 0 aliphatic heterocycles. The number of carbonyl (C=O) groups is 3. The number of benzene rings is 1. The topological polar surface area (TPSA) is 87.7 Å². The molecule has 2 N–H and O–H groups in total. The summed E-state index contributed by atoms with van der Waals surface area (Å²) in [6.45, 7) is 16.3. The number of ether oxygens (including phenoxy) is 1. The summed E-state index contributed by atoms with van der Waals surface area (Å²) in [4.78, 5) is 41.5. The zero-order valence-corrected chi connectivity index (χ0v) is 24.5. The lowest BCUT2D eigenvalue weighted by Gasteiger charge is -2.34. The van der Waals surface area contributed by atoms with Crippen molar-refractivity contribution in [3.63, 3.8) is 0 Å². The molecule has 37 heavy (non-hydrogen) atoms. The van der Waals surface area contributed by atoms with E-state index in [0.717, 1.165) is 68.1 Å². The quantitative estimate of drug-likeness (QED) is 0.265. The van der Waals surface area contributed by atoms with Gasteiger partial charge in [-0.3, -0.25) is 9.59 Å². The lowest BCUT2D eigenvalue weighted by atomic mass is 9.98. The summed E-state index contributed by atoms with van der Waals surface area (Å²) >= 11 is 0. The number of amides is 3. The summed E-state index contributed by atoms with van der Waals surface area (Å²) in [5, 5.41) is 5.74. The number of hydrogen-bond donors (Lipinski definition) is 2. The minimum absolute atomic E-state index is 0.188. The zero-order chi connectivity index (χ0) is 28.0. The molecule has 7 nitrogen and oxygen atoms in total. The van der Waals surface area contributed by atoms with Crippen LogP contribution < -0.4 is 10.6 Å². The van der Waals surface area contributed by atoms with Crippen molar-refractivity contribution in [1.82, 2.24) is 15.5 Å². The number of hydrogen-bond acceptors (Lipinski definition) is 4. The van der Waals surface area contributed by atoms with Crippen LogP contribution in [-0.2, 0) is 14.3 Å². The van der Waals surface area contributed by atoms with E-state index in [4.69, 9.17) is 4.74 Å². The average Bonchev–Trinajstić information content (AvgIpc) is 2.78. The highest BCUT2D eigenvalue weighted by Crippen LogP contribution is 2.26. The maximum atomic E-state index is 13.8. The summed E-state index contributed by atoms with van der Waals surface area (Å²) in [6, 6.07) is 4.40. The van der Waals surface area contributed by atoms with Crippen LogP contribution in [0.3, 0.4) is 0 Å². The van der Waals surface area contributed by atoms with Gasteiger partial charge in [0.1, 0.15) is 17.7 Å². The molecule has 0 saturated carbocycles. The van der Waals surface area contributed by atoms with Crippen LogP contribution >= 0.6 is 0 Å². The molecule has 7 heteroatoms. The second-order valence-corrected chi connectivity index (χ2v) is 11.1. The minimum atomic E-state index is -0.841. The van der Waals surface area contributed by atoms with Gasteiger partial charge in [0, 0.05) is 13.1 Å². The number of carbonyl (C=O) groups excluding carboxylic acids is 3. The first-order chi connectivity index (χ1) is 17.4. The van der Waals surface area contributed by atoms with Gasteiger partial charge in [0.15, 0.2) is 0 Å². The Morgan fingerprint density at radius 1 is 0.892 bits per heavy atom. The van der Waals surface area contributed by atoms with Crippen LogP contribution in [0.25, 0.3) is 0 Å². The number of unbranched alkanes of at least 4 members (excludes halogenated alkanes) is 6. The Kier molecular flexibility index (Phi) is 14.3. The molecule has 1 aromatic carbocycles. The predicted octanol–water partition coefficient (Wildman–Crippen LogP) is 6.36. The molecule has 0 spiro atoms. The molecular weight excluding hydrogens is 466 g/mol. The zero-order valence-electron chi connectivity index (χ0n) is 24.5. The van der Waals surface area contributed by atoms with Crippen molar-refractivity contribution in [3.8, 4) is 0 Å². The molecule has 2 unspecified atom stereocenters. The average molecular weight is 518 g/mol. The van der Waals surface area contributed by atoms with Crippen LogP contribution in [0.4, 0.5) is 4.79 Å². The van der Waals surface area contributed by atoms with Gasteiger partial charge in [-0.15, -0.1) is 0 Å². The molecule has 0 bridgehead atoms. The molecule has 210 valence electrons. The second-order valence-electron chi connectivity index (χ2n) is 11.1. The van der Waals surface area contributed by atoms with Crippen molar-refractivity contribution < 1.29 is 19.1 Å². The van der Waals surface area contributed by atoms with E-state index in [1.165, 1.54) is 0 Å². The highest BCUT2D eigenvalue weighted by Gasteiger charge is 2.34. The highest BCUT2D eigenvalue weighted by molar-refractivity contribution is 5.92. The third kappa shape index (κ3) is 12.5. The number of nitrogens with zero attached hydrogens (tertiary/aromatic N) is 1. The Bertz CT molecular complexity index is 843. The smallest absolute Gasteiger partial charge is 0.408 e. The van der Waals surface area contributed by atoms with Crippen molar-refractivity contribution >= 4 is 17.9 Å². The molecule has 0 radical (unpaired) electrons. The van der Waals surface area contributed by atoms with Crippen molar-refractivity contribution in [3.05, 3.63) is 34.9 Å². The minimum Gasteiger partial charge on any atom is -0.444 e. The first-order valence-corrected chi connectivity index (χ1v) is 14.1. The maximum absolute atomic E-state index is 13.8.